The molecule has 4 rings (SSSR count). The summed E-state index contributed by atoms with van der Waals surface area (Å²) in [6.07, 6.45) is 0. The molecule has 1 saturated heterocycles. The maximum Gasteiger partial charge on any atom is 0.290 e. The number of hydrogen-bond acceptors (Lipinski definition) is 4. The molecule has 3 heterocycles. The normalized spacial score (nSPS) is 20.6. The molecule has 0 amide bonds. The lowest BCUT2D eigenvalue weighted by Crippen LogP contribution is -2.30. The van der Waals surface area contributed by atoms with Gasteiger partial charge in [-0.2, -0.15) is 0 Å². The van der Waals surface area contributed by atoms with E-state index in [0.717, 1.165) is 5.56 Å². The number of benzene rings is 1. The van der Waals surface area contributed by atoms with Crippen LogP contribution in [0.1, 0.15) is 17.5 Å². The van der Waals surface area contributed by atoms with Gasteiger partial charge in [0.1, 0.15) is 10.7 Å². The van der Waals surface area contributed by atoms with E-state index in [1.807, 2.05) is 30.3 Å². The van der Waals surface area contributed by atoms with Gasteiger partial charge in [-0.1, -0.05) is 53.5 Å². The molecule has 24 heavy (non-hydrogen) atoms. The SMILES string of the molecule is O=c1c(Cl)nc2ccc(Cl)nc2n1[C@@H]1COC[C@H]1c1ccccc1. The smallest absolute Gasteiger partial charge is 0.290 e. The molecule has 0 spiro atoms. The summed E-state index contributed by atoms with van der Waals surface area (Å²) in [5, 5.41) is 0.222. The monoisotopic (exact) mass is 361 g/mol. The lowest BCUT2D eigenvalue weighted by atomic mass is 9.94. The van der Waals surface area contributed by atoms with Crippen LogP contribution in [0.15, 0.2) is 47.3 Å². The van der Waals surface area contributed by atoms with Gasteiger partial charge in [0, 0.05) is 5.92 Å². The Kier molecular flexibility index (Phi) is 4.00. The molecule has 5 nitrogen and oxygen atoms in total. The van der Waals surface area contributed by atoms with Crippen LogP contribution in [-0.4, -0.2) is 27.7 Å². The molecule has 1 aliphatic rings. The van der Waals surface area contributed by atoms with Crippen molar-refractivity contribution >= 4 is 34.4 Å². The van der Waals surface area contributed by atoms with Gasteiger partial charge in [0.05, 0.1) is 19.3 Å². The van der Waals surface area contributed by atoms with E-state index in [1.54, 1.807) is 16.7 Å². The topological polar surface area (TPSA) is 57.0 Å². The molecule has 1 aliphatic heterocycles. The predicted octanol–water partition coefficient (Wildman–Crippen LogP) is 3.45. The van der Waals surface area contributed by atoms with Gasteiger partial charge in [-0.25, -0.2) is 9.97 Å². The lowest BCUT2D eigenvalue weighted by molar-refractivity contribution is 0.185. The predicted molar refractivity (Wildman–Crippen MR) is 92.9 cm³/mol. The van der Waals surface area contributed by atoms with Crippen LogP contribution in [0.4, 0.5) is 0 Å². The fraction of sp³-hybridized carbons (Fsp3) is 0.235. The molecule has 1 fully saturated rings. The summed E-state index contributed by atoms with van der Waals surface area (Å²) in [5.41, 5.74) is 1.68. The van der Waals surface area contributed by atoms with E-state index < -0.39 is 0 Å². The minimum Gasteiger partial charge on any atom is -0.379 e. The summed E-state index contributed by atoms with van der Waals surface area (Å²) >= 11 is 12.1. The molecule has 0 aliphatic carbocycles. The third-order valence-corrected chi connectivity index (χ3v) is 4.73. The highest BCUT2D eigenvalue weighted by Gasteiger charge is 2.33. The zero-order valence-corrected chi connectivity index (χ0v) is 14.0. The number of nitrogens with zero attached hydrogens (tertiary/aromatic N) is 3. The summed E-state index contributed by atoms with van der Waals surface area (Å²) in [6.45, 7) is 0.937. The number of aromatic nitrogens is 3. The van der Waals surface area contributed by atoms with Crippen LogP contribution >= 0.6 is 23.2 Å². The van der Waals surface area contributed by atoms with E-state index in [4.69, 9.17) is 27.9 Å². The van der Waals surface area contributed by atoms with E-state index in [1.165, 1.54) is 0 Å². The molecule has 3 aromatic rings. The maximum atomic E-state index is 12.7. The summed E-state index contributed by atoms with van der Waals surface area (Å²) < 4.78 is 7.24. The average Bonchev–Trinajstić information content (AvgIpc) is 3.06. The van der Waals surface area contributed by atoms with Crippen LogP contribution in [0, 0.1) is 0 Å². The Morgan fingerprint density at radius 3 is 2.62 bits per heavy atom. The van der Waals surface area contributed by atoms with Crippen molar-refractivity contribution < 1.29 is 4.74 Å². The quantitative estimate of drug-likeness (QED) is 0.656. The average molecular weight is 362 g/mol. The van der Waals surface area contributed by atoms with Gasteiger partial charge in [-0.15, -0.1) is 0 Å². The molecular weight excluding hydrogens is 349 g/mol. The maximum absolute atomic E-state index is 12.7. The number of ether oxygens (including phenoxy) is 1. The van der Waals surface area contributed by atoms with Crippen molar-refractivity contribution in [2.24, 2.45) is 0 Å². The lowest BCUT2D eigenvalue weighted by Gasteiger charge is -2.22. The number of pyridine rings is 1. The third-order valence-electron chi connectivity index (χ3n) is 4.27. The van der Waals surface area contributed by atoms with E-state index >= 15 is 0 Å². The Morgan fingerprint density at radius 1 is 1.04 bits per heavy atom. The summed E-state index contributed by atoms with van der Waals surface area (Å²) in [7, 11) is 0. The van der Waals surface area contributed by atoms with Crippen molar-refractivity contribution in [3.8, 4) is 0 Å². The van der Waals surface area contributed by atoms with Crippen LogP contribution in [0.25, 0.3) is 11.2 Å². The minimum atomic E-state index is -0.379. The zero-order chi connectivity index (χ0) is 16.7. The molecule has 7 heteroatoms. The van der Waals surface area contributed by atoms with Crippen molar-refractivity contribution in [3.63, 3.8) is 0 Å². The van der Waals surface area contributed by atoms with Gasteiger partial charge in [0.15, 0.2) is 10.8 Å². The summed E-state index contributed by atoms with van der Waals surface area (Å²) in [5.74, 6) is 0.0337. The summed E-state index contributed by atoms with van der Waals surface area (Å²) in [6, 6.07) is 13.1. The van der Waals surface area contributed by atoms with Crippen molar-refractivity contribution in [1.29, 1.82) is 0 Å². The van der Waals surface area contributed by atoms with E-state index in [0.29, 0.717) is 29.5 Å². The molecular formula is C17H13Cl2N3O2. The van der Waals surface area contributed by atoms with E-state index in [2.05, 4.69) is 9.97 Å². The Balaban J connectivity index is 1.93. The van der Waals surface area contributed by atoms with Crippen molar-refractivity contribution in [2.45, 2.75) is 12.0 Å². The van der Waals surface area contributed by atoms with Crippen LogP contribution < -0.4 is 5.56 Å². The standard InChI is InChI=1S/C17H13Cl2N3O2/c18-14-7-6-12-16(21-14)22(17(23)15(19)20-12)13-9-24-8-11(13)10-4-2-1-3-5-10/h1-7,11,13H,8-9H2/t11-,13+/m0/s1. The molecule has 0 radical (unpaired) electrons. The molecule has 2 aromatic heterocycles. The molecule has 1 aromatic carbocycles. The first-order valence-electron chi connectivity index (χ1n) is 7.52. The Bertz CT molecular complexity index is 959. The first kappa shape index (κ1) is 15.6. The van der Waals surface area contributed by atoms with Crippen molar-refractivity contribution in [3.05, 3.63) is 68.7 Å². The number of halogens is 2. The molecule has 0 bridgehead atoms. The van der Waals surface area contributed by atoms with Crippen LogP contribution in [0.5, 0.6) is 0 Å². The van der Waals surface area contributed by atoms with Crippen LogP contribution in [-0.2, 0) is 4.74 Å². The molecule has 122 valence electrons. The highest BCUT2D eigenvalue weighted by molar-refractivity contribution is 6.30. The summed E-state index contributed by atoms with van der Waals surface area (Å²) in [4.78, 5) is 21.1. The molecule has 0 unspecified atom stereocenters. The van der Waals surface area contributed by atoms with Crippen LogP contribution in [0.3, 0.4) is 0 Å². The molecule has 0 N–H and O–H groups in total. The van der Waals surface area contributed by atoms with E-state index in [-0.39, 0.29) is 22.7 Å². The fourth-order valence-electron chi connectivity index (χ4n) is 3.16. The fourth-order valence-corrected chi connectivity index (χ4v) is 3.48. The number of hydrogen-bond donors (Lipinski definition) is 0. The van der Waals surface area contributed by atoms with Gasteiger partial charge in [-0.3, -0.25) is 9.36 Å². The molecule has 0 saturated carbocycles. The third kappa shape index (κ3) is 2.59. The Labute approximate surface area is 147 Å². The van der Waals surface area contributed by atoms with Gasteiger partial charge in [0.2, 0.25) is 0 Å². The van der Waals surface area contributed by atoms with Crippen molar-refractivity contribution in [2.75, 3.05) is 13.2 Å². The number of rotatable bonds is 2. The second-order valence-corrected chi connectivity index (χ2v) is 6.42. The highest BCUT2D eigenvalue weighted by atomic mass is 35.5. The van der Waals surface area contributed by atoms with E-state index in [9.17, 15) is 4.79 Å². The van der Waals surface area contributed by atoms with Gasteiger partial charge >= 0.3 is 0 Å². The van der Waals surface area contributed by atoms with Crippen molar-refractivity contribution in [1.82, 2.24) is 14.5 Å². The second kappa shape index (κ2) is 6.16. The molecule has 2 atom stereocenters. The van der Waals surface area contributed by atoms with Gasteiger partial charge < -0.3 is 4.74 Å². The number of fused-ring (bicyclic) bond motifs is 1. The first-order valence-corrected chi connectivity index (χ1v) is 8.28. The minimum absolute atomic E-state index is 0.0337. The Morgan fingerprint density at radius 2 is 1.83 bits per heavy atom. The zero-order valence-electron chi connectivity index (χ0n) is 12.5. The second-order valence-electron chi connectivity index (χ2n) is 5.68. The highest BCUT2D eigenvalue weighted by Crippen LogP contribution is 2.35. The largest absolute Gasteiger partial charge is 0.379 e. The van der Waals surface area contributed by atoms with Gasteiger partial charge in [0.25, 0.3) is 5.56 Å². The van der Waals surface area contributed by atoms with Gasteiger partial charge in [-0.05, 0) is 17.7 Å². The Hall–Kier alpha value is -1.95. The first-order chi connectivity index (χ1) is 11.6. The van der Waals surface area contributed by atoms with Crippen LogP contribution in [0.2, 0.25) is 10.3 Å².